The number of alkyl halides is 1. The molecule has 0 heterocycles. The Hall–Kier alpha value is 0.540. The Morgan fingerprint density at radius 2 is 1.05 bits per heavy atom. The zero-order chi connectivity index (χ0) is 14.4. The predicted octanol–water partition coefficient (Wildman–Crippen LogP) is 2.62. The van der Waals surface area contributed by atoms with E-state index in [1.807, 2.05) is 0 Å². The third-order valence-electron chi connectivity index (χ3n) is 4.22. The molecule has 0 N–H and O–H groups in total. The molecule has 124 valence electrons. The van der Waals surface area contributed by atoms with Crippen molar-refractivity contribution in [1.82, 2.24) is 0 Å². The highest BCUT2D eigenvalue weighted by Gasteiger charge is 2.25. The first-order valence-corrected chi connectivity index (χ1v) is 9.19. The van der Waals surface area contributed by atoms with Gasteiger partial charge in [-0.25, -0.2) is 0 Å². The molecule has 0 spiro atoms. The lowest BCUT2D eigenvalue weighted by Gasteiger charge is -2.39. The normalized spacial score (nSPS) is 11.4. The molecule has 20 heavy (non-hydrogen) atoms. The lowest BCUT2D eigenvalue weighted by molar-refractivity contribution is -0.928. The van der Waals surface area contributed by atoms with Crippen molar-refractivity contribution in [2.24, 2.45) is 0 Å². The van der Waals surface area contributed by atoms with E-state index >= 15 is 0 Å². The number of hydrogen-bond acceptors (Lipinski definition) is 0. The first-order valence-electron chi connectivity index (χ1n) is 8.65. The van der Waals surface area contributed by atoms with Gasteiger partial charge in [0, 0.05) is 12.3 Å². The Labute approximate surface area is 139 Å². The molecule has 0 amide bonds. The molecule has 3 heteroatoms. The van der Waals surface area contributed by atoms with Gasteiger partial charge in [0.05, 0.1) is 26.2 Å². The molecular formula is C17H37Cl2N. The predicted molar refractivity (Wildman–Crippen MR) is 89.0 cm³/mol. The van der Waals surface area contributed by atoms with Gasteiger partial charge < -0.3 is 16.9 Å². The average molecular weight is 326 g/mol. The highest BCUT2D eigenvalue weighted by molar-refractivity contribution is 6.17. The van der Waals surface area contributed by atoms with Gasteiger partial charge in [-0.3, -0.25) is 0 Å². The van der Waals surface area contributed by atoms with Crippen LogP contribution in [0.15, 0.2) is 0 Å². The summed E-state index contributed by atoms with van der Waals surface area (Å²) >= 11 is 5.95. The Morgan fingerprint density at radius 1 is 0.600 bits per heavy atom. The summed E-state index contributed by atoms with van der Waals surface area (Å²) in [5.74, 6) is 0.827. The zero-order valence-electron chi connectivity index (χ0n) is 14.1. The molecule has 0 aromatic carbocycles. The number of nitrogens with zero attached hydrogens (tertiary/aromatic N) is 1. The van der Waals surface area contributed by atoms with Crippen molar-refractivity contribution < 1.29 is 16.9 Å². The monoisotopic (exact) mass is 325 g/mol. The van der Waals surface area contributed by atoms with Crippen molar-refractivity contribution in [3.63, 3.8) is 0 Å². The first-order chi connectivity index (χ1) is 9.24. The van der Waals surface area contributed by atoms with Crippen LogP contribution in [0.1, 0.15) is 78.6 Å². The van der Waals surface area contributed by atoms with Crippen LogP contribution in [0.25, 0.3) is 0 Å². The zero-order valence-corrected chi connectivity index (χ0v) is 15.6. The number of halogens is 2. The van der Waals surface area contributed by atoms with Gasteiger partial charge in [0.2, 0.25) is 0 Å². The summed E-state index contributed by atoms with van der Waals surface area (Å²) in [5, 5.41) is 0. The smallest absolute Gasteiger partial charge is 0.0798 e. The van der Waals surface area contributed by atoms with Crippen LogP contribution in [0.2, 0.25) is 0 Å². The van der Waals surface area contributed by atoms with Crippen LogP contribution in [0, 0.1) is 0 Å². The molecule has 0 saturated carbocycles. The summed E-state index contributed by atoms with van der Waals surface area (Å²) < 4.78 is 1.35. The van der Waals surface area contributed by atoms with E-state index < -0.39 is 0 Å². The van der Waals surface area contributed by atoms with E-state index in [-0.39, 0.29) is 12.4 Å². The maximum atomic E-state index is 5.95. The second-order valence-corrected chi connectivity index (χ2v) is 6.42. The summed E-state index contributed by atoms with van der Waals surface area (Å²) in [6.45, 7) is 12.4. The largest absolute Gasteiger partial charge is 1.00 e. The molecule has 0 aliphatic rings. The highest BCUT2D eigenvalue weighted by atomic mass is 35.5. The standard InChI is InChI=1S/C17H37ClN.ClH/c1-4-7-10-11-16-19(14-8-5-2,15-9-6-3)17-12-13-18;/h4-17H2,1-3H3;1H/q+1;/p-1. The van der Waals surface area contributed by atoms with Crippen LogP contribution in [0.3, 0.4) is 0 Å². The highest BCUT2D eigenvalue weighted by Crippen LogP contribution is 2.17. The van der Waals surface area contributed by atoms with Crippen LogP contribution < -0.4 is 12.4 Å². The molecule has 0 bridgehead atoms. The van der Waals surface area contributed by atoms with Gasteiger partial charge in [0.25, 0.3) is 0 Å². The minimum Gasteiger partial charge on any atom is -1.00 e. The lowest BCUT2D eigenvalue weighted by atomic mass is 10.1. The minimum absolute atomic E-state index is 0. The van der Waals surface area contributed by atoms with Crippen molar-refractivity contribution in [3.8, 4) is 0 Å². The first kappa shape index (κ1) is 22.8. The van der Waals surface area contributed by atoms with Crippen LogP contribution in [-0.4, -0.2) is 36.5 Å². The Bertz CT molecular complexity index is 164. The van der Waals surface area contributed by atoms with Gasteiger partial charge in [-0.1, -0.05) is 46.5 Å². The van der Waals surface area contributed by atoms with Gasteiger partial charge in [-0.05, 0) is 25.7 Å². The Balaban J connectivity index is 0. The molecule has 0 radical (unpaired) electrons. The summed E-state index contributed by atoms with van der Waals surface area (Å²) in [6, 6.07) is 0. The van der Waals surface area contributed by atoms with Crippen LogP contribution >= 0.6 is 11.6 Å². The van der Waals surface area contributed by atoms with E-state index in [0.717, 1.165) is 5.88 Å². The molecule has 0 aromatic heterocycles. The summed E-state index contributed by atoms with van der Waals surface area (Å²) in [6.07, 6.45) is 12.1. The van der Waals surface area contributed by atoms with Crippen molar-refractivity contribution >= 4 is 11.6 Å². The van der Waals surface area contributed by atoms with E-state index in [4.69, 9.17) is 11.6 Å². The van der Waals surface area contributed by atoms with Gasteiger partial charge in [-0.2, -0.15) is 0 Å². The second-order valence-electron chi connectivity index (χ2n) is 6.05. The van der Waals surface area contributed by atoms with Gasteiger partial charge in [0.1, 0.15) is 0 Å². The maximum Gasteiger partial charge on any atom is 0.0798 e. The fraction of sp³-hybridized carbons (Fsp3) is 1.00. The maximum absolute atomic E-state index is 5.95. The van der Waals surface area contributed by atoms with E-state index in [0.29, 0.717) is 0 Å². The SMILES string of the molecule is CCCCCC[N+](CCCC)(CCCC)CCCCl.[Cl-]. The summed E-state index contributed by atoms with van der Waals surface area (Å²) in [5.41, 5.74) is 0. The van der Waals surface area contributed by atoms with E-state index in [1.54, 1.807) is 0 Å². The number of unbranched alkanes of at least 4 members (excludes halogenated alkanes) is 5. The molecule has 0 unspecified atom stereocenters. The van der Waals surface area contributed by atoms with Gasteiger partial charge in [-0.15, -0.1) is 11.6 Å². The topological polar surface area (TPSA) is 0 Å². The molecular weight excluding hydrogens is 289 g/mol. The Morgan fingerprint density at radius 3 is 1.50 bits per heavy atom. The molecule has 1 nitrogen and oxygen atoms in total. The minimum atomic E-state index is 0. The van der Waals surface area contributed by atoms with Crippen LogP contribution in [-0.2, 0) is 0 Å². The Kier molecular flexibility index (Phi) is 18.2. The van der Waals surface area contributed by atoms with E-state index in [2.05, 4.69) is 20.8 Å². The number of rotatable bonds is 14. The van der Waals surface area contributed by atoms with Crippen LogP contribution in [0.4, 0.5) is 0 Å². The number of quaternary nitrogens is 1. The quantitative estimate of drug-likeness (QED) is 0.261. The van der Waals surface area contributed by atoms with E-state index in [9.17, 15) is 0 Å². The molecule has 0 aliphatic heterocycles. The summed E-state index contributed by atoms with van der Waals surface area (Å²) in [7, 11) is 0. The van der Waals surface area contributed by atoms with Crippen molar-refractivity contribution in [3.05, 3.63) is 0 Å². The fourth-order valence-electron chi connectivity index (χ4n) is 2.93. The van der Waals surface area contributed by atoms with Gasteiger partial charge >= 0.3 is 0 Å². The van der Waals surface area contributed by atoms with Gasteiger partial charge in [0.15, 0.2) is 0 Å². The molecule has 0 atom stereocenters. The molecule has 0 aromatic rings. The van der Waals surface area contributed by atoms with Crippen LogP contribution in [0.5, 0.6) is 0 Å². The fourth-order valence-corrected chi connectivity index (χ4v) is 3.05. The van der Waals surface area contributed by atoms with Crippen molar-refractivity contribution in [1.29, 1.82) is 0 Å². The van der Waals surface area contributed by atoms with E-state index in [1.165, 1.54) is 88.4 Å². The third-order valence-corrected chi connectivity index (χ3v) is 4.49. The molecule has 0 fully saturated rings. The average Bonchev–Trinajstić information content (AvgIpc) is 2.44. The van der Waals surface area contributed by atoms with Crippen molar-refractivity contribution in [2.45, 2.75) is 78.6 Å². The molecule has 0 rings (SSSR count). The lowest BCUT2D eigenvalue weighted by Crippen LogP contribution is -3.00. The van der Waals surface area contributed by atoms with Crippen molar-refractivity contribution in [2.75, 3.05) is 32.1 Å². The number of hydrogen-bond donors (Lipinski definition) is 0. The molecule has 0 saturated heterocycles. The third kappa shape index (κ3) is 11.2. The summed E-state index contributed by atoms with van der Waals surface area (Å²) in [4.78, 5) is 0. The second kappa shape index (κ2) is 15.9. The molecule has 0 aliphatic carbocycles.